The molecule has 1 aromatic carbocycles. The van der Waals surface area contributed by atoms with Crippen LogP contribution in [0.25, 0.3) is 0 Å². The van der Waals surface area contributed by atoms with Crippen LogP contribution in [0, 0.1) is 5.41 Å². The lowest BCUT2D eigenvalue weighted by Crippen LogP contribution is -2.31. The summed E-state index contributed by atoms with van der Waals surface area (Å²) in [6, 6.07) is 7.47. The molecule has 1 amide bonds. The fraction of sp³-hybridized carbons (Fsp3) is 0.533. The maximum absolute atomic E-state index is 12.2. The van der Waals surface area contributed by atoms with Crippen LogP contribution in [0.4, 0.5) is 0 Å². The number of rotatable bonds is 7. The van der Waals surface area contributed by atoms with Crippen molar-refractivity contribution in [1.29, 1.82) is 0 Å². The first-order valence-electron chi connectivity index (χ1n) is 6.67. The molecule has 1 aromatic rings. The lowest BCUT2D eigenvalue weighted by Gasteiger charge is -2.15. The maximum Gasteiger partial charge on any atom is 0.251 e. The Morgan fingerprint density at radius 3 is 2.79 bits per heavy atom. The summed E-state index contributed by atoms with van der Waals surface area (Å²) in [4.78, 5) is 12.2. The number of benzene rings is 1. The molecule has 0 spiro atoms. The van der Waals surface area contributed by atoms with Crippen LogP contribution >= 0.6 is 0 Å². The SMILES string of the molecule is COCc1ccccc1C(=O)NCC1(CCO)CC1. The van der Waals surface area contributed by atoms with Gasteiger partial charge in [0.05, 0.1) is 6.61 Å². The number of methoxy groups -OCH3 is 1. The molecule has 1 saturated carbocycles. The van der Waals surface area contributed by atoms with Crippen molar-refractivity contribution < 1.29 is 14.6 Å². The molecule has 104 valence electrons. The van der Waals surface area contributed by atoms with E-state index in [1.54, 1.807) is 7.11 Å². The highest BCUT2D eigenvalue weighted by Crippen LogP contribution is 2.47. The van der Waals surface area contributed by atoms with E-state index in [1.165, 1.54) is 0 Å². The Bertz CT molecular complexity index is 441. The zero-order chi connectivity index (χ0) is 13.7. The molecule has 0 aromatic heterocycles. The average Bonchev–Trinajstić information content (AvgIpc) is 3.18. The van der Waals surface area contributed by atoms with E-state index < -0.39 is 0 Å². The number of carbonyl (C=O) groups excluding carboxylic acids is 1. The normalized spacial score (nSPS) is 16.1. The summed E-state index contributed by atoms with van der Waals surface area (Å²) in [5.74, 6) is -0.0585. The summed E-state index contributed by atoms with van der Waals surface area (Å²) in [7, 11) is 1.62. The van der Waals surface area contributed by atoms with Gasteiger partial charge in [0.25, 0.3) is 5.91 Å². The van der Waals surface area contributed by atoms with Crippen LogP contribution in [0.2, 0.25) is 0 Å². The average molecular weight is 263 g/mol. The molecule has 0 unspecified atom stereocenters. The third-order valence-electron chi connectivity index (χ3n) is 3.79. The second kappa shape index (κ2) is 6.17. The van der Waals surface area contributed by atoms with Gasteiger partial charge >= 0.3 is 0 Å². The minimum atomic E-state index is -0.0585. The van der Waals surface area contributed by atoms with Crippen molar-refractivity contribution >= 4 is 5.91 Å². The first kappa shape index (κ1) is 14.0. The zero-order valence-corrected chi connectivity index (χ0v) is 11.3. The van der Waals surface area contributed by atoms with Crippen LogP contribution in [-0.4, -0.2) is 31.3 Å². The van der Waals surface area contributed by atoms with Gasteiger partial charge in [-0.1, -0.05) is 18.2 Å². The molecule has 0 aliphatic heterocycles. The predicted octanol–water partition coefficient (Wildman–Crippen LogP) is 1.73. The Kier molecular flexibility index (Phi) is 4.56. The van der Waals surface area contributed by atoms with Crippen LogP contribution in [0.5, 0.6) is 0 Å². The summed E-state index contributed by atoms with van der Waals surface area (Å²) in [5.41, 5.74) is 1.71. The van der Waals surface area contributed by atoms with Crippen LogP contribution in [0.3, 0.4) is 0 Å². The second-order valence-electron chi connectivity index (χ2n) is 5.25. The van der Waals surface area contributed by atoms with Gasteiger partial charge < -0.3 is 15.2 Å². The first-order chi connectivity index (χ1) is 9.21. The van der Waals surface area contributed by atoms with E-state index in [0.29, 0.717) is 18.7 Å². The molecule has 4 nitrogen and oxygen atoms in total. The zero-order valence-electron chi connectivity index (χ0n) is 11.3. The molecule has 1 aliphatic carbocycles. The van der Waals surface area contributed by atoms with Crippen molar-refractivity contribution in [3.05, 3.63) is 35.4 Å². The van der Waals surface area contributed by atoms with Gasteiger partial charge in [-0.25, -0.2) is 0 Å². The Morgan fingerprint density at radius 2 is 2.16 bits per heavy atom. The van der Waals surface area contributed by atoms with E-state index in [0.717, 1.165) is 24.8 Å². The summed E-state index contributed by atoms with van der Waals surface area (Å²) in [5, 5.41) is 12.0. The summed E-state index contributed by atoms with van der Waals surface area (Å²) >= 11 is 0. The second-order valence-corrected chi connectivity index (χ2v) is 5.25. The minimum absolute atomic E-state index is 0.0585. The number of aliphatic hydroxyl groups excluding tert-OH is 1. The number of aliphatic hydroxyl groups is 1. The predicted molar refractivity (Wildman–Crippen MR) is 72.9 cm³/mol. The Balaban J connectivity index is 1.96. The van der Waals surface area contributed by atoms with Gasteiger partial charge in [0.2, 0.25) is 0 Å². The fourth-order valence-electron chi connectivity index (χ4n) is 2.32. The molecule has 2 N–H and O–H groups in total. The van der Waals surface area contributed by atoms with E-state index in [9.17, 15) is 4.79 Å². The molecule has 4 heteroatoms. The van der Waals surface area contributed by atoms with Crippen molar-refractivity contribution in [3.8, 4) is 0 Å². The molecule has 0 heterocycles. The fourth-order valence-corrected chi connectivity index (χ4v) is 2.32. The lowest BCUT2D eigenvalue weighted by atomic mass is 10.0. The monoisotopic (exact) mass is 263 g/mol. The number of ether oxygens (including phenoxy) is 1. The molecule has 0 saturated heterocycles. The van der Waals surface area contributed by atoms with Gasteiger partial charge in [0.15, 0.2) is 0 Å². The topological polar surface area (TPSA) is 58.6 Å². The Labute approximate surface area is 113 Å². The number of hydrogen-bond acceptors (Lipinski definition) is 3. The molecule has 1 aliphatic rings. The molecule has 0 atom stereocenters. The van der Waals surface area contributed by atoms with Gasteiger partial charge in [0.1, 0.15) is 0 Å². The molecular weight excluding hydrogens is 242 g/mol. The largest absolute Gasteiger partial charge is 0.396 e. The van der Waals surface area contributed by atoms with Crippen LogP contribution in [0.15, 0.2) is 24.3 Å². The van der Waals surface area contributed by atoms with E-state index in [-0.39, 0.29) is 17.9 Å². The lowest BCUT2D eigenvalue weighted by molar-refractivity contribution is 0.0936. The number of amides is 1. The van der Waals surface area contributed by atoms with Crippen molar-refractivity contribution in [2.24, 2.45) is 5.41 Å². The molecule has 0 radical (unpaired) electrons. The molecule has 2 rings (SSSR count). The molecule has 0 bridgehead atoms. The first-order valence-corrected chi connectivity index (χ1v) is 6.67. The van der Waals surface area contributed by atoms with Crippen LogP contribution in [-0.2, 0) is 11.3 Å². The van der Waals surface area contributed by atoms with E-state index in [1.807, 2.05) is 24.3 Å². The summed E-state index contributed by atoms with van der Waals surface area (Å²) in [6.45, 7) is 1.27. The third-order valence-corrected chi connectivity index (χ3v) is 3.79. The highest BCUT2D eigenvalue weighted by atomic mass is 16.5. The number of nitrogens with one attached hydrogen (secondary N) is 1. The van der Waals surface area contributed by atoms with Gasteiger partial charge in [-0.3, -0.25) is 4.79 Å². The highest BCUT2D eigenvalue weighted by molar-refractivity contribution is 5.95. The Hall–Kier alpha value is -1.39. The molecule has 19 heavy (non-hydrogen) atoms. The molecular formula is C15H21NO3. The number of carbonyl (C=O) groups is 1. The van der Waals surface area contributed by atoms with Gasteiger partial charge in [-0.2, -0.15) is 0 Å². The van der Waals surface area contributed by atoms with E-state index >= 15 is 0 Å². The van der Waals surface area contributed by atoms with Crippen molar-refractivity contribution in [3.63, 3.8) is 0 Å². The van der Waals surface area contributed by atoms with Gasteiger partial charge in [-0.15, -0.1) is 0 Å². The van der Waals surface area contributed by atoms with Crippen molar-refractivity contribution in [1.82, 2.24) is 5.32 Å². The summed E-state index contributed by atoms with van der Waals surface area (Å²) in [6.07, 6.45) is 2.95. The minimum Gasteiger partial charge on any atom is -0.396 e. The number of hydrogen-bond donors (Lipinski definition) is 2. The van der Waals surface area contributed by atoms with Crippen molar-refractivity contribution in [2.75, 3.05) is 20.3 Å². The molecule has 1 fully saturated rings. The third kappa shape index (κ3) is 3.55. The maximum atomic E-state index is 12.2. The van der Waals surface area contributed by atoms with Crippen LogP contribution in [0.1, 0.15) is 35.2 Å². The van der Waals surface area contributed by atoms with Gasteiger partial charge in [-0.05, 0) is 36.3 Å². The van der Waals surface area contributed by atoms with Crippen molar-refractivity contribution in [2.45, 2.75) is 25.9 Å². The van der Waals surface area contributed by atoms with E-state index in [4.69, 9.17) is 9.84 Å². The highest BCUT2D eigenvalue weighted by Gasteiger charge is 2.41. The van der Waals surface area contributed by atoms with Crippen LogP contribution < -0.4 is 5.32 Å². The van der Waals surface area contributed by atoms with Gasteiger partial charge in [0, 0.05) is 25.8 Å². The smallest absolute Gasteiger partial charge is 0.251 e. The standard InChI is InChI=1S/C15H21NO3/c1-19-10-12-4-2-3-5-13(12)14(18)16-11-15(6-7-15)8-9-17/h2-5,17H,6-11H2,1H3,(H,16,18). The quantitative estimate of drug-likeness (QED) is 0.787. The Morgan fingerprint density at radius 1 is 1.42 bits per heavy atom. The summed E-state index contributed by atoms with van der Waals surface area (Å²) < 4.78 is 5.10. The van der Waals surface area contributed by atoms with E-state index in [2.05, 4.69) is 5.32 Å².